The number of methoxy groups -OCH3 is 1. The average molecular weight is 517 g/mol. The first-order valence-electron chi connectivity index (χ1n) is 12.2. The van der Waals surface area contributed by atoms with Gasteiger partial charge >= 0.3 is 0 Å². The van der Waals surface area contributed by atoms with Gasteiger partial charge in [0.15, 0.2) is 17.3 Å². The van der Waals surface area contributed by atoms with Crippen molar-refractivity contribution in [2.45, 2.75) is 31.6 Å². The number of hydrogen-bond acceptors (Lipinski definition) is 5. The normalized spacial score (nSPS) is 19.1. The van der Waals surface area contributed by atoms with E-state index in [1.54, 1.807) is 19.1 Å². The predicted octanol–water partition coefficient (Wildman–Crippen LogP) is 5.68. The van der Waals surface area contributed by atoms with Crippen molar-refractivity contribution in [3.05, 3.63) is 112 Å². The summed E-state index contributed by atoms with van der Waals surface area (Å²) in [7, 11) is 1.41. The molecular formula is C30H26F2N2O4. The topological polar surface area (TPSA) is 87.7 Å². The second kappa shape index (κ2) is 10.1. The Morgan fingerprint density at radius 3 is 2.50 bits per heavy atom. The molecule has 3 aromatic carbocycles. The molecule has 2 atom stereocenters. The van der Waals surface area contributed by atoms with Gasteiger partial charge in [-0.25, -0.2) is 8.78 Å². The molecule has 0 unspecified atom stereocenters. The third-order valence-corrected chi connectivity index (χ3v) is 7.06. The molecule has 2 aliphatic rings. The molecule has 0 bridgehead atoms. The van der Waals surface area contributed by atoms with Crippen molar-refractivity contribution in [1.29, 1.82) is 0 Å². The summed E-state index contributed by atoms with van der Waals surface area (Å²) in [6, 6.07) is 17.3. The van der Waals surface area contributed by atoms with E-state index in [1.807, 2.05) is 30.3 Å². The van der Waals surface area contributed by atoms with E-state index in [4.69, 9.17) is 4.74 Å². The highest BCUT2D eigenvalue weighted by atomic mass is 19.1. The zero-order valence-electron chi connectivity index (χ0n) is 20.8. The summed E-state index contributed by atoms with van der Waals surface area (Å²) in [6.45, 7) is 1.72. The Balaban J connectivity index is 1.59. The Labute approximate surface area is 218 Å². The number of amides is 1. The van der Waals surface area contributed by atoms with Crippen LogP contribution in [0.3, 0.4) is 0 Å². The molecule has 1 heterocycles. The number of phenols is 1. The van der Waals surface area contributed by atoms with E-state index in [9.17, 15) is 23.5 Å². The van der Waals surface area contributed by atoms with Gasteiger partial charge in [-0.3, -0.25) is 9.59 Å². The molecule has 0 aromatic heterocycles. The van der Waals surface area contributed by atoms with Gasteiger partial charge in [0.2, 0.25) is 0 Å². The predicted molar refractivity (Wildman–Crippen MR) is 139 cm³/mol. The molecule has 3 aromatic rings. The van der Waals surface area contributed by atoms with Gasteiger partial charge < -0.3 is 20.5 Å². The average Bonchev–Trinajstić information content (AvgIpc) is 2.90. The van der Waals surface area contributed by atoms with Crippen molar-refractivity contribution in [2.24, 2.45) is 0 Å². The molecule has 8 heteroatoms. The van der Waals surface area contributed by atoms with Crippen molar-refractivity contribution in [3.63, 3.8) is 0 Å². The van der Waals surface area contributed by atoms with Crippen molar-refractivity contribution < 1.29 is 28.2 Å². The molecule has 1 aliphatic heterocycles. The molecule has 0 saturated carbocycles. The van der Waals surface area contributed by atoms with Gasteiger partial charge in [-0.15, -0.1) is 0 Å². The number of dihydropyridines is 1. The number of aromatic hydroxyl groups is 1. The highest BCUT2D eigenvalue weighted by Gasteiger charge is 2.41. The van der Waals surface area contributed by atoms with Gasteiger partial charge in [0.05, 0.1) is 12.8 Å². The molecule has 194 valence electrons. The minimum absolute atomic E-state index is 0.0264. The van der Waals surface area contributed by atoms with Crippen molar-refractivity contribution >= 4 is 17.4 Å². The number of Topliss-reactive ketones (excluding diaryl/α,β-unsaturated/α-hetero) is 1. The van der Waals surface area contributed by atoms with E-state index in [0.29, 0.717) is 35.0 Å². The van der Waals surface area contributed by atoms with E-state index in [1.165, 1.54) is 13.2 Å². The Morgan fingerprint density at radius 1 is 1.03 bits per heavy atom. The second-order valence-corrected chi connectivity index (χ2v) is 9.44. The van der Waals surface area contributed by atoms with Crippen LogP contribution in [0, 0.1) is 11.6 Å². The molecule has 6 nitrogen and oxygen atoms in total. The number of nitrogens with one attached hydrogen (secondary N) is 2. The molecule has 38 heavy (non-hydrogen) atoms. The lowest BCUT2D eigenvalue weighted by molar-refractivity contribution is -0.116. The van der Waals surface area contributed by atoms with Crippen molar-refractivity contribution in [2.75, 3.05) is 12.4 Å². The maximum absolute atomic E-state index is 14.4. The number of rotatable bonds is 5. The van der Waals surface area contributed by atoms with Crippen LogP contribution in [0.1, 0.15) is 42.7 Å². The van der Waals surface area contributed by atoms with Gasteiger partial charge in [0, 0.05) is 40.9 Å². The van der Waals surface area contributed by atoms with E-state index < -0.39 is 23.5 Å². The number of hydrogen-bond donors (Lipinski definition) is 3. The molecule has 1 amide bonds. The summed E-state index contributed by atoms with van der Waals surface area (Å²) in [6.07, 6.45) is 0.826. The first-order chi connectivity index (χ1) is 18.3. The van der Waals surface area contributed by atoms with Gasteiger partial charge in [-0.05, 0) is 54.7 Å². The summed E-state index contributed by atoms with van der Waals surface area (Å²) in [5.41, 5.74) is 3.30. The molecular weight excluding hydrogens is 490 g/mol. The zero-order valence-corrected chi connectivity index (χ0v) is 20.8. The Bertz CT molecular complexity index is 1500. The second-order valence-electron chi connectivity index (χ2n) is 9.44. The SMILES string of the molecule is COc1cc([C@@H]2C(C(=O)Nc3ccc(F)cc3F)=C(C)NC3=C2C(=O)C[C@@H](c2ccccc2)C3)ccc1O. The summed E-state index contributed by atoms with van der Waals surface area (Å²) in [5, 5.41) is 16.0. The van der Waals surface area contributed by atoms with E-state index >= 15 is 0 Å². The van der Waals surface area contributed by atoms with Crippen LogP contribution in [0.5, 0.6) is 11.5 Å². The Kier molecular flexibility index (Phi) is 6.72. The van der Waals surface area contributed by atoms with Crippen LogP contribution in [0.4, 0.5) is 14.5 Å². The molecule has 0 fully saturated rings. The highest BCUT2D eigenvalue weighted by molar-refractivity contribution is 6.10. The number of ketones is 1. The fourth-order valence-electron chi connectivity index (χ4n) is 5.29. The van der Waals surface area contributed by atoms with Crippen LogP contribution in [-0.4, -0.2) is 23.9 Å². The lowest BCUT2D eigenvalue weighted by Gasteiger charge is -2.37. The first kappa shape index (κ1) is 25.2. The minimum atomic E-state index is -0.914. The standard InChI is InChI=1S/C30H26F2N2O4/c1-16-27(30(37)34-22-10-9-20(31)15-21(22)32)28(18-8-11-24(35)26(14-18)38-2)29-23(33-16)12-19(13-25(29)36)17-6-4-3-5-7-17/h3-11,14-15,19,28,33,35H,12-13H2,1-2H3,(H,34,37)/t19-,28+/m0/s1. The number of ether oxygens (including phenoxy) is 1. The Hall–Kier alpha value is -4.46. The third kappa shape index (κ3) is 4.65. The fraction of sp³-hybridized carbons (Fsp3) is 0.200. The molecule has 3 N–H and O–H groups in total. The number of phenolic OH excluding ortho intramolecular Hbond substituents is 1. The van der Waals surface area contributed by atoms with Crippen LogP contribution < -0.4 is 15.4 Å². The van der Waals surface area contributed by atoms with Gasteiger partial charge in [0.25, 0.3) is 5.91 Å². The summed E-state index contributed by atoms with van der Waals surface area (Å²) in [5.74, 6) is -3.15. The van der Waals surface area contributed by atoms with Crippen LogP contribution in [-0.2, 0) is 9.59 Å². The van der Waals surface area contributed by atoms with Crippen LogP contribution in [0.2, 0.25) is 0 Å². The van der Waals surface area contributed by atoms with E-state index in [2.05, 4.69) is 10.6 Å². The molecule has 5 rings (SSSR count). The van der Waals surface area contributed by atoms with Gasteiger partial charge in [-0.1, -0.05) is 36.4 Å². The maximum atomic E-state index is 14.4. The number of benzene rings is 3. The number of carbonyl (C=O) groups excluding carboxylic acids is 2. The zero-order chi connectivity index (χ0) is 27.0. The van der Waals surface area contributed by atoms with Crippen molar-refractivity contribution in [1.82, 2.24) is 5.32 Å². The quantitative estimate of drug-likeness (QED) is 0.406. The van der Waals surface area contributed by atoms with E-state index in [-0.39, 0.29) is 40.9 Å². The van der Waals surface area contributed by atoms with Crippen LogP contribution in [0.25, 0.3) is 0 Å². The van der Waals surface area contributed by atoms with Gasteiger partial charge in [0.1, 0.15) is 11.6 Å². The van der Waals surface area contributed by atoms with Crippen LogP contribution in [0.15, 0.2) is 89.3 Å². The number of allylic oxidation sites excluding steroid dienone is 3. The van der Waals surface area contributed by atoms with E-state index in [0.717, 1.165) is 17.7 Å². The first-order valence-corrected chi connectivity index (χ1v) is 12.2. The lowest BCUT2D eigenvalue weighted by atomic mass is 9.71. The maximum Gasteiger partial charge on any atom is 0.254 e. The molecule has 0 radical (unpaired) electrons. The summed E-state index contributed by atoms with van der Waals surface area (Å²) < 4.78 is 33.1. The molecule has 1 aliphatic carbocycles. The smallest absolute Gasteiger partial charge is 0.254 e. The van der Waals surface area contributed by atoms with Crippen LogP contribution >= 0.6 is 0 Å². The van der Waals surface area contributed by atoms with Crippen molar-refractivity contribution in [3.8, 4) is 11.5 Å². The number of halogens is 2. The monoisotopic (exact) mass is 516 g/mol. The lowest BCUT2D eigenvalue weighted by Crippen LogP contribution is -2.37. The minimum Gasteiger partial charge on any atom is -0.504 e. The number of anilines is 1. The fourth-order valence-corrected chi connectivity index (χ4v) is 5.29. The largest absolute Gasteiger partial charge is 0.504 e. The summed E-state index contributed by atoms with van der Waals surface area (Å²) >= 11 is 0. The number of carbonyl (C=O) groups is 2. The Morgan fingerprint density at radius 2 is 1.79 bits per heavy atom. The summed E-state index contributed by atoms with van der Waals surface area (Å²) in [4.78, 5) is 27.3. The molecule has 0 spiro atoms. The third-order valence-electron chi connectivity index (χ3n) is 7.06. The highest BCUT2D eigenvalue weighted by Crippen LogP contribution is 2.46. The molecule has 0 saturated heterocycles. The van der Waals surface area contributed by atoms with Gasteiger partial charge in [-0.2, -0.15) is 0 Å².